The van der Waals surface area contributed by atoms with E-state index < -0.39 is 0 Å². The van der Waals surface area contributed by atoms with Gasteiger partial charge in [0, 0.05) is 43.4 Å². The van der Waals surface area contributed by atoms with Crippen molar-refractivity contribution in [3.8, 4) is 0 Å². The molecule has 1 aromatic rings. The van der Waals surface area contributed by atoms with E-state index in [-0.39, 0.29) is 35.3 Å². The van der Waals surface area contributed by atoms with Crippen LogP contribution in [0.2, 0.25) is 0 Å². The molecule has 2 rings (SSSR count). The number of piperidine rings is 1. The van der Waals surface area contributed by atoms with Crippen LogP contribution < -0.4 is 20.9 Å². The molecule has 0 spiro atoms. The molecule has 3 N–H and O–H groups in total. The highest BCUT2D eigenvalue weighted by Gasteiger charge is 2.20. The van der Waals surface area contributed by atoms with Crippen molar-refractivity contribution < 1.29 is 4.39 Å². The van der Waals surface area contributed by atoms with Crippen molar-refractivity contribution in [1.82, 2.24) is 16.0 Å². The Hall–Kier alpha value is -1.09. The molecule has 1 aliphatic rings. The maximum Gasteiger partial charge on any atom is 0.191 e. The normalized spacial score (nSPS) is 16.0. The molecule has 1 saturated heterocycles. The maximum atomic E-state index is 13.4. The minimum absolute atomic E-state index is 0. The minimum Gasteiger partial charge on any atom is -0.371 e. The van der Waals surface area contributed by atoms with E-state index in [1.165, 1.54) is 6.07 Å². The third kappa shape index (κ3) is 9.10. The number of aliphatic imine (C=N–C) groups is 1. The van der Waals surface area contributed by atoms with Crippen LogP contribution in [0.4, 0.5) is 10.1 Å². The lowest BCUT2D eigenvalue weighted by atomic mass is 10.0. The highest BCUT2D eigenvalue weighted by atomic mass is 127. The van der Waals surface area contributed by atoms with Gasteiger partial charge in [0.15, 0.2) is 5.96 Å². The third-order valence-electron chi connectivity index (χ3n) is 4.39. The van der Waals surface area contributed by atoms with Crippen LogP contribution in [0.25, 0.3) is 0 Å². The second-order valence-electron chi connectivity index (χ2n) is 7.82. The first-order valence-corrected chi connectivity index (χ1v) is 9.68. The summed E-state index contributed by atoms with van der Waals surface area (Å²) in [6.07, 6.45) is 2.03. The zero-order valence-electron chi connectivity index (χ0n) is 17.0. The molecule has 0 aromatic heterocycles. The van der Waals surface area contributed by atoms with Gasteiger partial charge in [0.2, 0.25) is 0 Å². The molecule has 1 aliphatic heterocycles. The van der Waals surface area contributed by atoms with E-state index in [0.717, 1.165) is 57.2 Å². The molecule has 0 aliphatic carbocycles. The van der Waals surface area contributed by atoms with E-state index in [1.54, 1.807) is 12.1 Å². The summed E-state index contributed by atoms with van der Waals surface area (Å²) in [6.45, 7) is 12.9. The van der Waals surface area contributed by atoms with Crippen molar-refractivity contribution in [1.29, 1.82) is 0 Å². The van der Waals surface area contributed by atoms with Gasteiger partial charge in [-0.05, 0) is 58.7 Å². The van der Waals surface area contributed by atoms with Gasteiger partial charge in [-0.3, -0.25) is 4.99 Å². The van der Waals surface area contributed by atoms with Gasteiger partial charge in [-0.25, -0.2) is 4.39 Å². The average molecular weight is 491 g/mol. The number of guanidine groups is 1. The predicted octanol–water partition coefficient (Wildman–Crippen LogP) is 3.36. The molecule has 0 radical (unpaired) electrons. The fourth-order valence-corrected chi connectivity index (χ4v) is 3.07. The highest BCUT2D eigenvalue weighted by Crippen LogP contribution is 2.20. The van der Waals surface area contributed by atoms with Gasteiger partial charge < -0.3 is 20.9 Å². The van der Waals surface area contributed by atoms with E-state index in [9.17, 15) is 4.39 Å². The Balaban J connectivity index is 0.00000364. The Kier molecular flexibility index (Phi) is 10.4. The lowest BCUT2D eigenvalue weighted by Crippen LogP contribution is -2.49. The third-order valence-corrected chi connectivity index (χ3v) is 4.39. The van der Waals surface area contributed by atoms with Gasteiger partial charge in [0.1, 0.15) is 5.82 Å². The highest BCUT2D eigenvalue weighted by molar-refractivity contribution is 14.0. The first kappa shape index (κ1) is 23.9. The Labute approximate surface area is 180 Å². The lowest BCUT2D eigenvalue weighted by molar-refractivity contribution is 0.431. The smallest absolute Gasteiger partial charge is 0.191 e. The van der Waals surface area contributed by atoms with Gasteiger partial charge in [0.05, 0.1) is 6.54 Å². The van der Waals surface area contributed by atoms with Gasteiger partial charge in [-0.15, -0.1) is 24.0 Å². The van der Waals surface area contributed by atoms with Crippen LogP contribution in [0.5, 0.6) is 0 Å². The fourth-order valence-electron chi connectivity index (χ4n) is 3.07. The van der Waals surface area contributed by atoms with Gasteiger partial charge in [-0.2, -0.15) is 0 Å². The standard InChI is InChI=1S/C20H34FN5.HI/c1-5-22-19(23-11-12-24-20(2,3)4)25-17-9-13-26(14-10-17)18-8-6-7-16(21)15-18;/h6-8,15,17,24H,5,9-14H2,1-4H3,(H2,22,23,25);1H. The number of hydrogen-bond acceptors (Lipinski definition) is 3. The molecule has 5 nitrogen and oxygen atoms in total. The van der Waals surface area contributed by atoms with Crippen molar-refractivity contribution in [3.63, 3.8) is 0 Å². The molecule has 27 heavy (non-hydrogen) atoms. The van der Waals surface area contributed by atoms with Crippen LogP contribution in [-0.2, 0) is 0 Å². The topological polar surface area (TPSA) is 51.7 Å². The summed E-state index contributed by atoms with van der Waals surface area (Å²) in [5.74, 6) is 0.709. The van der Waals surface area contributed by atoms with Crippen molar-refractivity contribution in [2.45, 2.75) is 52.1 Å². The summed E-state index contributed by atoms with van der Waals surface area (Å²) in [6, 6.07) is 7.25. The van der Waals surface area contributed by atoms with Crippen molar-refractivity contribution >= 4 is 35.6 Å². The molecule has 1 heterocycles. The van der Waals surface area contributed by atoms with Crippen LogP contribution in [0.1, 0.15) is 40.5 Å². The van der Waals surface area contributed by atoms with Crippen LogP contribution >= 0.6 is 24.0 Å². The number of nitrogens with one attached hydrogen (secondary N) is 3. The predicted molar refractivity (Wildman–Crippen MR) is 124 cm³/mol. The summed E-state index contributed by atoms with van der Waals surface area (Å²) in [5.41, 5.74) is 1.09. The molecule has 0 amide bonds. The quantitative estimate of drug-likeness (QED) is 0.247. The second-order valence-corrected chi connectivity index (χ2v) is 7.82. The summed E-state index contributed by atoms with van der Waals surface area (Å²) in [4.78, 5) is 6.92. The molecule has 7 heteroatoms. The first-order chi connectivity index (χ1) is 12.4. The number of benzene rings is 1. The van der Waals surface area contributed by atoms with Crippen LogP contribution in [0.15, 0.2) is 29.3 Å². The minimum atomic E-state index is -0.173. The molecule has 0 bridgehead atoms. The monoisotopic (exact) mass is 491 g/mol. The average Bonchev–Trinajstić information content (AvgIpc) is 2.58. The Morgan fingerprint density at radius 2 is 1.96 bits per heavy atom. The lowest BCUT2D eigenvalue weighted by Gasteiger charge is -2.34. The zero-order valence-corrected chi connectivity index (χ0v) is 19.3. The van der Waals surface area contributed by atoms with Crippen LogP contribution in [0, 0.1) is 5.82 Å². The molecular weight excluding hydrogens is 456 g/mol. The summed E-state index contributed by atoms with van der Waals surface area (Å²) >= 11 is 0. The van der Waals surface area contributed by atoms with E-state index >= 15 is 0 Å². The van der Waals surface area contributed by atoms with E-state index in [2.05, 4.69) is 53.5 Å². The van der Waals surface area contributed by atoms with Crippen LogP contribution in [0.3, 0.4) is 0 Å². The van der Waals surface area contributed by atoms with Crippen molar-refractivity contribution in [3.05, 3.63) is 30.1 Å². The number of halogens is 2. The SMILES string of the molecule is CCNC(=NCCNC(C)(C)C)NC1CCN(c2cccc(F)c2)CC1.I. The van der Waals surface area contributed by atoms with Crippen molar-refractivity contribution in [2.75, 3.05) is 37.6 Å². The first-order valence-electron chi connectivity index (χ1n) is 9.68. The van der Waals surface area contributed by atoms with Crippen molar-refractivity contribution in [2.24, 2.45) is 4.99 Å². The number of hydrogen-bond donors (Lipinski definition) is 3. The van der Waals surface area contributed by atoms with E-state index in [4.69, 9.17) is 0 Å². The summed E-state index contributed by atoms with van der Waals surface area (Å²) in [5, 5.41) is 10.3. The molecule has 0 unspecified atom stereocenters. The van der Waals surface area contributed by atoms with Gasteiger partial charge in [-0.1, -0.05) is 6.07 Å². The van der Waals surface area contributed by atoms with Crippen LogP contribution in [-0.4, -0.2) is 50.3 Å². The Bertz CT molecular complexity index is 580. The fraction of sp³-hybridized carbons (Fsp3) is 0.650. The summed E-state index contributed by atoms with van der Waals surface area (Å²) in [7, 11) is 0. The molecule has 1 fully saturated rings. The molecular formula is C20H35FIN5. The largest absolute Gasteiger partial charge is 0.371 e. The zero-order chi connectivity index (χ0) is 19.0. The Morgan fingerprint density at radius 3 is 2.56 bits per heavy atom. The van der Waals surface area contributed by atoms with Gasteiger partial charge in [0.25, 0.3) is 0 Å². The van der Waals surface area contributed by atoms with E-state index in [0.29, 0.717) is 6.04 Å². The molecule has 1 aromatic carbocycles. The second kappa shape index (κ2) is 11.7. The number of rotatable bonds is 6. The van der Waals surface area contributed by atoms with Gasteiger partial charge >= 0.3 is 0 Å². The molecule has 154 valence electrons. The summed E-state index contributed by atoms with van der Waals surface area (Å²) < 4.78 is 13.4. The number of nitrogens with zero attached hydrogens (tertiary/aromatic N) is 2. The Morgan fingerprint density at radius 1 is 1.26 bits per heavy atom. The maximum absolute atomic E-state index is 13.4. The van der Waals surface area contributed by atoms with E-state index in [1.807, 2.05) is 6.07 Å². The number of anilines is 1. The molecule has 0 atom stereocenters. The molecule has 0 saturated carbocycles.